The maximum atomic E-state index is 11.2. The summed E-state index contributed by atoms with van der Waals surface area (Å²) in [5.74, 6) is -0.0269. The van der Waals surface area contributed by atoms with E-state index in [2.05, 4.69) is 0 Å². The lowest BCUT2D eigenvalue weighted by atomic mass is 10.3. The second-order valence-corrected chi connectivity index (χ2v) is 2.66. The van der Waals surface area contributed by atoms with Crippen LogP contribution in [0.1, 0.15) is 20.3 Å². The summed E-state index contributed by atoms with van der Waals surface area (Å²) < 4.78 is 0. The monoisotopic (exact) mass is 172 g/mol. The van der Waals surface area contributed by atoms with E-state index in [1.54, 1.807) is 6.92 Å². The van der Waals surface area contributed by atoms with Gasteiger partial charge in [-0.25, -0.2) is 0 Å². The van der Waals surface area contributed by atoms with Crippen LogP contribution in [-0.2, 0) is 9.59 Å². The minimum Gasteiger partial charge on any atom is -0.334 e. The summed E-state index contributed by atoms with van der Waals surface area (Å²) in [6.45, 7) is 4.29. The van der Waals surface area contributed by atoms with Crippen LogP contribution in [-0.4, -0.2) is 36.2 Å². The molecule has 0 unspecified atom stereocenters. The van der Waals surface area contributed by atoms with E-state index in [1.165, 1.54) is 11.8 Å². The number of hydrogen-bond acceptors (Lipinski definition) is 3. The SMILES string of the molecule is CCC(=O)N(CCN)CC(C)=O. The highest BCUT2D eigenvalue weighted by atomic mass is 16.2. The van der Waals surface area contributed by atoms with E-state index in [-0.39, 0.29) is 18.2 Å². The van der Waals surface area contributed by atoms with Gasteiger partial charge in [0.15, 0.2) is 0 Å². The fraction of sp³-hybridized carbons (Fsp3) is 0.750. The second-order valence-electron chi connectivity index (χ2n) is 2.66. The van der Waals surface area contributed by atoms with Gasteiger partial charge in [-0.15, -0.1) is 0 Å². The van der Waals surface area contributed by atoms with Crippen molar-refractivity contribution in [2.24, 2.45) is 5.73 Å². The molecule has 0 radical (unpaired) electrons. The zero-order chi connectivity index (χ0) is 9.56. The zero-order valence-electron chi connectivity index (χ0n) is 7.67. The Bertz CT molecular complexity index is 168. The van der Waals surface area contributed by atoms with Crippen molar-refractivity contribution in [1.82, 2.24) is 4.90 Å². The normalized spacial score (nSPS) is 9.58. The summed E-state index contributed by atoms with van der Waals surface area (Å²) in [6, 6.07) is 0. The Labute approximate surface area is 72.7 Å². The Balaban J connectivity index is 4.02. The number of amides is 1. The number of hydrogen-bond donors (Lipinski definition) is 1. The first-order valence-corrected chi connectivity index (χ1v) is 4.09. The molecule has 0 aromatic carbocycles. The van der Waals surface area contributed by atoms with Crippen molar-refractivity contribution in [3.05, 3.63) is 0 Å². The van der Waals surface area contributed by atoms with Crippen LogP contribution in [0.5, 0.6) is 0 Å². The first-order chi connectivity index (χ1) is 5.61. The predicted octanol–water partition coefficient (Wildman–Crippen LogP) is -0.227. The molecule has 0 atom stereocenters. The van der Waals surface area contributed by atoms with Crippen molar-refractivity contribution in [3.8, 4) is 0 Å². The third kappa shape index (κ3) is 4.08. The molecular weight excluding hydrogens is 156 g/mol. The Morgan fingerprint density at radius 1 is 1.42 bits per heavy atom. The van der Waals surface area contributed by atoms with Crippen LogP contribution in [0.2, 0.25) is 0 Å². The highest BCUT2D eigenvalue weighted by Crippen LogP contribution is 1.93. The molecule has 4 heteroatoms. The first kappa shape index (κ1) is 11.1. The maximum Gasteiger partial charge on any atom is 0.222 e. The van der Waals surface area contributed by atoms with Crippen molar-refractivity contribution >= 4 is 11.7 Å². The predicted molar refractivity (Wildman–Crippen MR) is 46.6 cm³/mol. The fourth-order valence-corrected chi connectivity index (χ4v) is 0.940. The lowest BCUT2D eigenvalue weighted by Gasteiger charge is -2.19. The van der Waals surface area contributed by atoms with Gasteiger partial charge in [0.1, 0.15) is 5.78 Å². The van der Waals surface area contributed by atoms with E-state index in [0.29, 0.717) is 19.5 Å². The number of ketones is 1. The van der Waals surface area contributed by atoms with Gasteiger partial charge in [0.2, 0.25) is 5.91 Å². The standard InChI is InChI=1S/C8H16N2O2/c1-3-8(12)10(5-4-9)6-7(2)11/h3-6,9H2,1-2H3. The maximum absolute atomic E-state index is 11.2. The molecule has 0 saturated heterocycles. The van der Waals surface area contributed by atoms with Gasteiger partial charge < -0.3 is 10.6 Å². The van der Waals surface area contributed by atoms with Crippen LogP contribution in [0.4, 0.5) is 0 Å². The van der Waals surface area contributed by atoms with Gasteiger partial charge in [-0.05, 0) is 6.92 Å². The summed E-state index contributed by atoms with van der Waals surface area (Å²) in [5, 5.41) is 0. The lowest BCUT2D eigenvalue weighted by Crippen LogP contribution is -2.38. The highest BCUT2D eigenvalue weighted by molar-refractivity contribution is 5.84. The molecule has 1 amide bonds. The summed E-state index contributed by atoms with van der Waals surface area (Å²) >= 11 is 0. The molecular formula is C8H16N2O2. The Hall–Kier alpha value is -0.900. The smallest absolute Gasteiger partial charge is 0.222 e. The second kappa shape index (κ2) is 5.71. The number of carbonyl (C=O) groups excluding carboxylic acids is 2. The van der Waals surface area contributed by atoms with E-state index >= 15 is 0 Å². The lowest BCUT2D eigenvalue weighted by molar-refractivity contribution is -0.134. The van der Waals surface area contributed by atoms with Gasteiger partial charge in [0.25, 0.3) is 0 Å². The van der Waals surface area contributed by atoms with Crippen LogP contribution < -0.4 is 5.73 Å². The van der Waals surface area contributed by atoms with E-state index in [1.807, 2.05) is 0 Å². The molecule has 4 nitrogen and oxygen atoms in total. The molecule has 12 heavy (non-hydrogen) atoms. The average molecular weight is 172 g/mol. The quantitative estimate of drug-likeness (QED) is 0.623. The van der Waals surface area contributed by atoms with Gasteiger partial charge in [-0.1, -0.05) is 6.92 Å². The Kier molecular flexibility index (Phi) is 5.28. The van der Waals surface area contributed by atoms with E-state index in [0.717, 1.165) is 0 Å². The number of nitrogens with zero attached hydrogens (tertiary/aromatic N) is 1. The van der Waals surface area contributed by atoms with Crippen LogP contribution >= 0.6 is 0 Å². The molecule has 0 aliphatic carbocycles. The van der Waals surface area contributed by atoms with Gasteiger partial charge in [0.05, 0.1) is 6.54 Å². The first-order valence-electron chi connectivity index (χ1n) is 4.09. The van der Waals surface area contributed by atoms with Gasteiger partial charge >= 0.3 is 0 Å². The summed E-state index contributed by atoms with van der Waals surface area (Å²) in [6.07, 6.45) is 0.424. The van der Waals surface area contributed by atoms with Crippen LogP contribution in [0, 0.1) is 0 Å². The molecule has 0 heterocycles. The summed E-state index contributed by atoms with van der Waals surface area (Å²) in [7, 11) is 0. The summed E-state index contributed by atoms with van der Waals surface area (Å²) in [4.78, 5) is 23.4. The molecule has 0 aliphatic heterocycles. The molecule has 2 N–H and O–H groups in total. The Morgan fingerprint density at radius 3 is 2.33 bits per heavy atom. The van der Waals surface area contributed by atoms with E-state index in [9.17, 15) is 9.59 Å². The molecule has 70 valence electrons. The molecule has 0 saturated carbocycles. The molecule has 0 fully saturated rings. The number of carbonyl (C=O) groups is 2. The minimum absolute atomic E-state index is 0.00903. The molecule has 0 spiro atoms. The van der Waals surface area contributed by atoms with Crippen molar-refractivity contribution in [1.29, 1.82) is 0 Å². The molecule has 0 aromatic rings. The third-order valence-corrected chi connectivity index (χ3v) is 1.47. The van der Waals surface area contributed by atoms with Crippen LogP contribution in [0.3, 0.4) is 0 Å². The van der Waals surface area contributed by atoms with Gasteiger partial charge in [0, 0.05) is 19.5 Å². The highest BCUT2D eigenvalue weighted by Gasteiger charge is 2.11. The van der Waals surface area contributed by atoms with Crippen LogP contribution in [0.25, 0.3) is 0 Å². The fourth-order valence-electron chi connectivity index (χ4n) is 0.940. The number of nitrogens with two attached hydrogens (primary N) is 1. The van der Waals surface area contributed by atoms with E-state index in [4.69, 9.17) is 5.73 Å². The average Bonchev–Trinajstić information content (AvgIpc) is 2.01. The Morgan fingerprint density at radius 2 is 2.00 bits per heavy atom. The van der Waals surface area contributed by atoms with Crippen molar-refractivity contribution in [2.75, 3.05) is 19.6 Å². The third-order valence-electron chi connectivity index (χ3n) is 1.47. The van der Waals surface area contributed by atoms with E-state index < -0.39 is 0 Å². The molecule has 0 bridgehead atoms. The summed E-state index contributed by atoms with van der Waals surface area (Å²) in [5.41, 5.74) is 5.29. The van der Waals surface area contributed by atoms with Gasteiger partial charge in [-0.3, -0.25) is 9.59 Å². The van der Waals surface area contributed by atoms with Crippen molar-refractivity contribution in [3.63, 3.8) is 0 Å². The molecule has 0 aromatic heterocycles. The number of rotatable bonds is 5. The largest absolute Gasteiger partial charge is 0.334 e. The van der Waals surface area contributed by atoms with Crippen molar-refractivity contribution in [2.45, 2.75) is 20.3 Å². The topological polar surface area (TPSA) is 63.4 Å². The molecule has 0 aliphatic rings. The van der Waals surface area contributed by atoms with Crippen LogP contribution in [0.15, 0.2) is 0 Å². The molecule has 0 rings (SSSR count). The zero-order valence-corrected chi connectivity index (χ0v) is 7.67. The van der Waals surface area contributed by atoms with Gasteiger partial charge in [-0.2, -0.15) is 0 Å². The number of Topliss-reactive ketones (excluding diaryl/α,β-unsaturated/α-hetero) is 1. The van der Waals surface area contributed by atoms with Crippen molar-refractivity contribution < 1.29 is 9.59 Å². The minimum atomic E-state index is -0.0179.